The first-order valence-corrected chi connectivity index (χ1v) is 9.41. The van der Waals surface area contributed by atoms with Crippen molar-refractivity contribution in [1.29, 1.82) is 0 Å². The Balaban J connectivity index is 0.00000264. The summed E-state index contributed by atoms with van der Waals surface area (Å²) in [5, 5.41) is 10.3. The maximum atomic E-state index is 4.66. The van der Waals surface area contributed by atoms with Gasteiger partial charge in [0.1, 0.15) is 0 Å². The summed E-state index contributed by atoms with van der Waals surface area (Å²) in [4.78, 5) is 9.01. The lowest BCUT2D eigenvalue weighted by atomic mass is 9.84. The highest BCUT2D eigenvalue weighted by atomic mass is 127. The Morgan fingerprint density at radius 2 is 2.04 bits per heavy atom. The molecule has 132 valence electrons. The van der Waals surface area contributed by atoms with Gasteiger partial charge < -0.3 is 10.6 Å². The second-order valence-corrected chi connectivity index (χ2v) is 7.42. The highest BCUT2D eigenvalue weighted by Gasteiger charge is 2.20. The van der Waals surface area contributed by atoms with Gasteiger partial charge in [0.05, 0.1) is 17.2 Å². The first kappa shape index (κ1) is 20.7. The summed E-state index contributed by atoms with van der Waals surface area (Å²) in [6.07, 6.45) is 6.52. The van der Waals surface area contributed by atoms with Crippen molar-refractivity contribution < 1.29 is 0 Å². The number of thiazole rings is 1. The summed E-state index contributed by atoms with van der Waals surface area (Å²) >= 11 is 1.74. The molecule has 0 aliphatic heterocycles. The average molecular weight is 450 g/mol. The van der Waals surface area contributed by atoms with Crippen LogP contribution < -0.4 is 10.6 Å². The van der Waals surface area contributed by atoms with Gasteiger partial charge in [0.15, 0.2) is 5.96 Å². The lowest BCUT2D eigenvalue weighted by Crippen LogP contribution is -2.44. The molecule has 0 radical (unpaired) electrons. The van der Waals surface area contributed by atoms with Crippen LogP contribution in [0.3, 0.4) is 0 Å². The maximum absolute atomic E-state index is 4.66. The topological polar surface area (TPSA) is 49.3 Å². The molecule has 0 atom stereocenters. The number of aliphatic imine (C=N–C) groups is 1. The van der Waals surface area contributed by atoms with Crippen molar-refractivity contribution in [3.8, 4) is 0 Å². The molecule has 23 heavy (non-hydrogen) atoms. The van der Waals surface area contributed by atoms with E-state index in [9.17, 15) is 0 Å². The summed E-state index contributed by atoms with van der Waals surface area (Å²) in [5.41, 5.74) is 1.10. The number of nitrogens with zero attached hydrogens (tertiary/aromatic N) is 2. The van der Waals surface area contributed by atoms with Crippen molar-refractivity contribution in [3.05, 3.63) is 16.1 Å². The van der Waals surface area contributed by atoms with E-state index < -0.39 is 0 Å². The van der Waals surface area contributed by atoms with Crippen LogP contribution in [0.25, 0.3) is 0 Å². The molecule has 1 aliphatic rings. The monoisotopic (exact) mass is 450 g/mol. The van der Waals surface area contributed by atoms with E-state index in [1.54, 1.807) is 11.3 Å². The molecule has 2 rings (SSSR count). The lowest BCUT2D eigenvalue weighted by molar-refractivity contribution is 0.304. The average Bonchev–Trinajstić information content (AvgIpc) is 3.01. The largest absolute Gasteiger partial charge is 0.354 e. The number of guanidine groups is 1. The van der Waals surface area contributed by atoms with E-state index in [1.807, 2.05) is 7.05 Å². The number of halogens is 1. The zero-order valence-corrected chi connectivity index (χ0v) is 17.9. The number of aromatic nitrogens is 1. The molecule has 1 aliphatic carbocycles. The third-order valence-corrected chi connectivity index (χ3v) is 5.68. The fourth-order valence-corrected chi connectivity index (χ4v) is 3.78. The Labute approximate surface area is 162 Å². The first-order valence-electron chi connectivity index (χ1n) is 8.53. The van der Waals surface area contributed by atoms with Crippen LogP contribution in [0.1, 0.15) is 69.5 Å². The molecule has 1 aromatic rings. The Morgan fingerprint density at radius 1 is 1.35 bits per heavy atom. The standard InChI is InChI=1S/C17H30N4S.HI/c1-5-13-6-8-14(9-7-13)21-17(18-4)19-10-15-11-22-16(20-15)12(2)3;/h11-14H,5-10H2,1-4H3,(H2,18,19,21);1H. The Hall–Kier alpha value is -0.370. The second-order valence-electron chi connectivity index (χ2n) is 6.53. The van der Waals surface area contributed by atoms with Gasteiger partial charge in [-0.15, -0.1) is 35.3 Å². The van der Waals surface area contributed by atoms with Crippen molar-refractivity contribution in [2.45, 2.75) is 71.4 Å². The molecule has 0 spiro atoms. The van der Waals surface area contributed by atoms with E-state index >= 15 is 0 Å². The minimum absolute atomic E-state index is 0. The van der Waals surface area contributed by atoms with Crippen LogP contribution in [0.4, 0.5) is 0 Å². The molecule has 1 heterocycles. The molecule has 0 amide bonds. The van der Waals surface area contributed by atoms with Crippen molar-refractivity contribution in [3.63, 3.8) is 0 Å². The van der Waals surface area contributed by atoms with Gasteiger partial charge in [0.25, 0.3) is 0 Å². The van der Waals surface area contributed by atoms with Crippen LogP contribution in [0.15, 0.2) is 10.4 Å². The summed E-state index contributed by atoms with van der Waals surface area (Å²) in [5.74, 6) is 2.33. The van der Waals surface area contributed by atoms with E-state index in [0.29, 0.717) is 12.0 Å². The zero-order chi connectivity index (χ0) is 15.9. The van der Waals surface area contributed by atoms with Crippen molar-refractivity contribution in [2.75, 3.05) is 7.05 Å². The van der Waals surface area contributed by atoms with Crippen molar-refractivity contribution in [2.24, 2.45) is 10.9 Å². The molecule has 4 nitrogen and oxygen atoms in total. The quantitative estimate of drug-likeness (QED) is 0.394. The summed E-state index contributed by atoms with van der Waals surface area (Å²) in [6.45, 7) is 7.41. The minimum atomic E-state index is 0. The molecule has 2 N–H and O–H groups in total. The van der Waals surface area contributed by atoms with Gasteiger partial charge >= 0.3 is 0 Å². The van der Waals surface area contributed by atoms with E-state index in [-0.39, 0.29) is 24.0 Å². The highest BCUT2D eigenvalue weighted by Crippen LogP contribution is 2.26. The third-order valence-electron chi connectivity index (χ3n) is 4.49. The Kier molecular flexibility index (Phi) is 9.43. The molecular weight excluding hydrogens is 419 g/mol. The van der Waals surface area contributed by atoms with Crippen LogP contribution in [0.2, 0.25) is 0 Å². The van der Waals surface area contributed by atoms with E-state index in [0.717, 1.165) is 24.1 Å². The van der Waals surface area contributed by atoms with Gasteiger partial charge in [0, 0.05) is 24.4 Å². The predicted molar refractivity (Wildman–Crippen MR) is 111 cm³/mol. The maximum Gasteiger partial charge on any atom is 0.191 e. The molecular formula is C17H31IN4S. The number of rotatable bonds is 5. The van der Waals surface area contributed by atoms with E-state index in [1.165, 1.54) is 37.1 Å². The smallest absolute Gasteiger partial charge is 0.191 e. The fraction of sp³-hybridized carbons (Fsp3) is 0.765. The summed E-state index contributed by atoms with van der Waals surface area (Å²) in [6, 6.07) is 0.565. The predicted octanol–water partition coefficient (Wildman–Crippen LogP) is 4.52. The van der Waals surface area contributed by atoms with Crippen LogP contribution in [-0.2, 0) is 6.54 Å². The van der Waals surface area contributed by atoms with Crippen LogP contribution in [0, 0.1) is 5.92 Å². The van der Waals surface area contributed by atoms with Crippen LogP contribution in [-0.4, -0.2) is 24.0 Å². The fourth-order valence-electron chi connectivity index (χ4n) is 2.95. The number of nitrogens with one attached hydrogen (secondary N) is 2. The minimum Gasteiger partial charge on any atom is -0.354 e. The highest BCUT2D eigenvalue weighted by molar-refractivity contribution is 14.0. The first-order chi connectivity index (χ1) is 10.6. The molecule has 0 aromatic carbocycles. The van der Waals surface area contributed by atoms with E-state index in [2.05, 4.69) is 46.8 Å². The van der Waals surface area contributed by atoms with Gasteiger partial charge in [0.2, 0.25) is 0 Å². The number of hydrogen-bond acceptors (Lipinski definition) is 3. The molecule has 0 saturated heterocycles. The molecule has 1 aromatic heterocycles. The van der Waals surface area contributed by atoms with Crippen molar-refractivity contribution in [1.82, 2.24) is 15.6 Å². The van der Waals surface area contributed by atoms with Gasteiger partial charge in [-0.25, -0.2) is 4.98 Å². The summed E-state index contributed by atoms with van der Waals surface area (Å²) < 4.78 is 0. The molecule has 0 bridgehead atoms. The van der Waals surface area contributed by atoms with Gasteiger partial charge in [-0.1, -0.05) is 27.2 Å². The van der Waals surface area contributed by atoms with Crippen LogP contribution >= 0.6 is 35.3 Å². The van der Waals surface area contributed by atoms with Gasteiger partial charge in [-0.05, 0) is 31.6 Å². The summed E-state index contributed by atoms with van der Waals surface area (Å²) in [7, 11) is 1.84. The third kappa shape index (κ3) is 6.57. The molecule has 1 fully saturated rings. The molecule has 1 saturated carbocycles. The Morgan fingerprint density at radius 3 is 2.57 bits per heavy atom. The SMILES string of the molecule is CCC1CCC(NC(=NC)NCc2csc(C(C)C)n2)CC1.I. The molecule has 6 heteroatoms. The second kappa shape index (κ2) is 10.5. The Bertz CT molecular complexity index is 479. The van der Waals surface area contributed by atoms with Crippen LogP contribution in [0.5, 0.6) is 0 Å². The zero-order valence-electron chi connectivity index (χ0n) is 14.8. The lowest BCUT2D eigenvalue weighted by Gasteiger charge is -2.29. The van der Waals surface area contributed by atoms with Gasteiger partial charge in [-0.2, -0.15) is 0 Å². The number of hydrogen-bond donors (Lipinski definition) is 2. The van der Waals surface area contributed by atoms with Gasteiger partial charge in [-0.3, -0.25) is 4.99 Å². The normalized spacial score (nSPS) is 21.9. The van der Waals surface area contributed by atoms with Crippen molar-refractivity contribution >= 4 is 41.3 Å². The van der Waals surface area contributed by atoms with E-state index in [4.69, 9.17) is 0 Å². The molecule has 0 unspecified atom stereocenters.